The molecule has 0 amide bonds. The van der Waals surface area contributed by atoms with Gasteiger partial charge in [-0.3, -0.25) is 10.1 Å². The molecule has 12 heavy (non-hydrogen) atoms. The van der Waals surface area contributed by atoms with Crippen LogP contribution in [0, 0.1) is 26.3 Å². The first kappa shape index (κ1) is 8.05. The summed E-state index contributed by atoms with van der Waals surface area (Å²) in [6.07, 6.45) is 0.993. The van der Waals surface area contributed by atoms with Crippen molar-refractivity contribution in [1.82, 2.24) is 4.98 Å². The lowest BCUT2D eigenvalue weighted by molar-refractivity contribution is -0.397. The highest BCUT2D eigenvalue weighted by Gasteiger charge is 2.14. The molecule has 1 radical (unpaired) electrons. The summed E-state index contributed by atoms with van der Waals surface area (Å²) in [4.78, 5) is 21.8. The van der Waals surface area contributed by atoms with Gasteiger partial charge in [0.2, 0.25) is 0 Å². The highest BCUT2D eigenvalue weighted by molar-refractivity contribution is 5.33. The van der Waals surface area contributed by atoms with Crippen molar-refractivity contribution in [2.24, 2.45) is 0 Å². The molecule has 0 fully saturated rings. The summed E-state index contributed by atoms with van der Waals surface area (Å²) in [6, 6.07) is 2.97. The van der Waals surface area contributed by atoms with Crippen LogP contribution in [0.5, 0.6) is 0 Å². The van der Waals surface area contributed by atoms with E-state index in [1.54, 1.807) is 0 Å². The van der Waals surface area contributed by atoms with Crippen molar-refractivity contribution < 1.29 is 9.85 Å². The van der Waals surface area contributed by atoms with Gasteiger partial charge in [-0.05, 0) is 9.91 Å². The highest BCUT2D eigenvalue weighted by atomic mass is 16.6. The third kappa shape index (κ3) is 1.51. The molecule has 0 unspecified atom stereocenters. The van der Waals surface area contributed by atoms with Gasteiger partial charge in [-0.15, -0.1) is 0 Å². The lowest BCUT2D eigenvalue weighted by Gasteiger charge is -1.89. The Hall–Kier alpha value is -2.05. The van der Waals surface area contributed by atoms with Crippen molar-refractivity contribution in [3.8, 4) is 0 Å². The summed E-state index contributed by atoms with van der Waals surface area (Å²) in [6.45, 7) is 0. The van der Waals surface area contributed by atoms with E-state index in [0.717, 1.165) is 12.3 Å². The number of hydrogen-bond donors (Lipinski definition) is 0. The van der Waals surface area contributed by atoms with Gasteiger partial charge in [0.25, 0.3) is 5.69 Å². The fourth-order valence-electron chi connectivity index (χ4n) is 0.566. The summed E-state index contributed by atoms with van der Waals surface area (Å²) in [5.74, 6) is -0.649. The molecule has 61 valence electrons. The van der Waals surface area contributed by atoms with Crippen molar-refractivity contribution >= 4 is 11.5 Å². The predicted octanol–water partition coefficient (Wildman–Crippen LogP) is 0.698. The van der Waals surface area contributed by atoms with Gasteiger partial charge in [-0.1, -0.05) is 0 Å². The first-order valence-electron chi connectivity index (χ1n) is 2.78. The molecule has 0 saturated heterocycles. The van der Waals surface area contributed by atoms with Crippen molar-refractivity contribution in [2.45, 2.75) is 0 Å². The molecule has 0 saturated carbocycles. The quantitative estimate of drug-likeness (QED) is 0.477. The van der Waals surface area contributed by atoms with Crippen LogP contribution in [0.2, 0.25) is 0 Å². The zero-order chi connectivity index (χ0) is 9.14. The van der Waals surface area contributed by atoms with Crippen molar-refractivity contribution in [3.63, 3.8) is 0 Å². The molecular formula is C5H2N3O4. The number of nitrogens with zero attached hydrogens (tertiary/aromatic N) is 3. The minimum absolute atomic E-state index is 0.461. The molecule has 7 heteroatoms. The maximum absolute atomic E-state index is 10.1. The molecule has 0 aromatic carbocycles. The van der Waals surface area contributed by atoms with Crippen LogP contribution in [-0.2, 0) is 0 Å². The lowest BCUT2D eigenvalue weighted by atomic mass is 10.4. The summed E-state index contributed by atoms with van der Waals surface area (Å²) in [5.41, 5.74) is -0.461. The summed E-state index contributed by atoms with van der Waals surface area (Å²) in [5, 5.41) is 20.2. The molecule has 0 bridgehead atoms. The Kier molecular flexibility index (Phi) is 1.95. The largest absolute Gasteiger partial charge is 0.378 e. The van der Waals surface area contributed by atoms with Crippen molar-refractivity contribution in [1.29, 1.82) is 0 Å². The van der Waals surface area contributed by atoms with Gasteiger partial charge in [0.1, 0.15) is 6.20 Å². The average Bonchev–Trinajstić information content (AvgIpc) is 2.04. The Morgan fingerprint density at radius 3 is 2.50 bits per heavy atom. The third-order valence-corrected chi connectivity index (χ3v) is 1.04. The lowest BCUT2D eigenvalue weighted by Crippen LogP contribution is -1.94. The second-order valence-electron chi connectivity index (χ2n) is 1.79. The van der Waals surface area contributed by atoms with Crippen LogP contribution in [-0.4, -0.2) is 14.8 Å². The zero-order valence-electron chi connectivity index (χ0n) is 5.63. The predicted molar refractivity (Wildman–Crippen MR) is 36.4 cm³/mol. The normalized spacial score (nSPS) is 9.33. The van der Waals surface area contributed by atoms with Gasteiger partial charge in [0, 0.05) is 0 Å². The fourth-order valence-corrected chi connectivity index (χ4v) is 0.566. The first-order chi connectivity index (χ1) is 5.61. The molecule has 7 nitrogen and oxygen atoms in total. The molecule has 0 atom stereocenters. The molecule has 1 aromatic rings. The second-order valence-corrected chi connectivity index (χ2v) is 1.79. The Labute approximate surface area is 66.0 Å². The summed E-state index contributed by atoms with van der Waals surface area (Å²) < 4.78 is 0. The number of nitro groups is 2. The molecule has 1 heterocycles. The van der Waals surface area contributed by atoms with Gasteiger partial charge in [-0.2, -0.15) is 0 Å². The van der Waals surface area contributed by atoms with E-state index in [9.17, 15) is 20.2 Å². The van der Waals surface area contributed by atoms with E-state index in [2.05, 4.69) is 4.98 Å². The molecule has 0 aliphatic rings. The van der Waals surface area contributed by atoms with E-state index in [1.165, 1.54) is 0 Å². The molecule has 0 aliphatic heterocycles. The van der Waals surface area contributed by atoms with Crippen LogP contribution in [0.4, 0.5) is 11.5 Å². The van der Waals surface area contributed by atoms with E-state index in [0.29, 0.717) is 0 Å². The van der Waals surface area contributed by atoms with Crippen molar-refractivity contribution in [3.05, 3.63) is 38.6 Å². The fraction of sp³-hybridized carbons (Fsp3) is 0. The van der Waals surface area contributed by atoms with E-state index in [-0.39, 0.29) is 0 Å². The molecule has 0 aliphatic carbocycles. The summed E-state index contributed by atoms with van der Waals surface area (Å²) >= 11 is 0. The minimum Gasteiger partial charge on any atom is -0.358 e. The zero-order valence-corrected chi connectivity index (χ0v) is 5.63. The number of hydrogen-bond acceptors (Lipinski definition) is 5. The number of pyridine rings is 1. The molecule has 1 rings (SSSR count). The topological polar surface area (TPSA) is 99.2 Å². The SMILES string of the molecule is O=[N+]([O-])c1[c]c([N+](=O)[O-])ncc1. The first-order valence-corrected chi connectivity index (χ1v) is 2.78. The maximum atomic E-state index is 10.1. The third-order valence-electron chi connectivity index (χ3n) is 1.04. The van der Waals surface area contributed by atoms with Gasteiger partial charge in [0.15, 0.2) is 6.07 Å². The Morgan fingerprint density at radius 1 is 1.33 bits per heavy atom. The van der Waals surface area contributed by atoms with Gasteiger partial charge >= 0.3 is 5.82 Å². The second kappa shape index (κ2) is 2.91. The standard InChI is InChI=1S/C5H2N3O4/c9-7(10)4-1-2-6-5(3-4)8(11)12/h1-2H. The highest BCUT2D eigenvalue weighted by Crippen LogP contribution is 2.13. The molecule has 0 N–H and O–H groups in total. The van der Waals surface area contributed by atoms with Crippen LogP contribution in [0.25, 0.3) is 0 Å². The minimum atomic E-state index is -0.840. The van der Waals surface area contributed by atoms with Crippen LogP contribution in [0.15, 0.2) is 12.3 Å². The van der Waals surface area contributed by atoms with Crippen LogP contribution in [0.1, 0.15) is 0 Å². The maximum Gasteiger partial charge on any atom is 0.378 e. The number of rotatable bonds is 2. The van der Waals surface area contributed by atoms with E-state index in [1.807, 2.05) is 6.07 Å². The average molecular weight is 168 g/mol. The molecule has 1 aromatic heterocycles. The van der Waals surface area contributed by atoms with Gasteiger partial charge in [0.05, 0.1) is 11.0 Å². The van der Waals surface area contributed by atoms with Gasteiger partial charge in [-0.25, -0.2) is 0 Å². The monoisotopic (exact) mass is 168 g/mol. The number of aromatic nitrogens is 1. The van der Waals surface area contributed by atoms with Gasteiger partial charge < -0.3 is 10.1 Å². The van der Waals surface area contributed by atoms with Crippen LogP contribution in [0.3, 0.4) is 0 Å². The van der Waals surface area contributed by atoms with E-state index >= 15 is 0 Å². The van der Waals surface area contributed by atoms with E-state index < -0.39 is 21.4 Å². The van der Waals surface area contributed by atoms with E-state index in [4.69, 9.17) is 0 Å². The van der Waals surface area contributed by atoms with Crippen LogP contribution < -0.4 is 0 Å². The molecular weight excluding hydrogens is 166 g/mol. The Bertz CT molecular complexity index is 308. The summed E-state index contributed by atoms with van der Waals surface area (Å²) in [7, 11) is 0. The van der Waals surface area contributed by atoms with Crippen LogP contribution >= 0.6 is 0 Å². The Morgan fingerprint density at radius 2 is 2.00 bits per heavy atom. The molecule has 0 spiro atoms. The van der Waals surface area contributed by atoms with Crippen molar-refractivity contribution in [2.75, 3.05) is 0 Å². The Balaban J connectivity index is 3.12. The smallest absolute Gasteiger partial charge is 0.358 e.